The SMILES string of the molecule is Cc1nc(C)c(CC(=O)N2CCC(n3c(=O)[nH]c4ccccc43)CC2)s1. The van der Waals surface area contributed by atoms with E-state index in [9.17, 15) is 9.59 Å². The molecule has 0 unspecified atom stereocenters. The molecule has 0 atom stereocenters. The molecule has 3 heterocycles. The Balaban J connectivity index is 1.45. The van der Waals surface area contributed by atoms with Crippen molar-refractivity contribution < 1.29 is 4.79 Å². The van der Waals surface area contributed by atoms with Crippen LogP contribution in [0.15, 0.2) is 29.1 Å². The molecule has 1 aliphatic rings. The molecule has 26 heavy (non-hydrogen) atoms. The summed E-state index contributed by atoms with van der Waals surface area (Å²) in [6.45, 7) is 5.30. The maximum atomic E-state index is 12.6. The number of carbonyl (C=O) groups is 1. The number of aryl methyl sites for hydroxylation is 2. The van der Waals surface area contributed by atoms with Crippen LogP contribution in [0.1, 0.15) is 34.5 Å². The molecule has 3 aromatic rings. The summed E-state index contributed by atoms with van der Waals surface area (Å²) in [6, 6.07) is 7.90. The molecule has 0 radical (unpaired) electrons. The Labute approximate surface area is 155 Å². The maximum absolute atomic E-state index is 12.6. The Kier molecular flexibility index (Phi) is 4.40. The number of nitrogens with zero attached hydrogens (tertiary/aromatic N) is 3. The monoisotopic (exact) mass is 370 g/mol. The number of fused-ring (bicyclic) bond motifs is 1. The fourth-order valence-electron chi connectivity index (χ4n) is 3.80. The molecule has 1 amide bonds. The molecule has 1 fully saturated rings. The van der Waals surface area contributed by atoms with Crippen LogP contribution in [0, 0.1) is 13.8 Å². The summed E-state index contributed by atoms with van der Waals surface area (Å²) in [7, 11) is 0. The van der Waals surface area contributed by atoms with Gasteiger partial charge in [-0.15, -0.1) is 11.3 Å². The minimum absolute atomic E-state index is 0.0632. The number of likely N-dealkylation sites (tertiary alicyclic amines) is 1. The first-order valence-corrected chi connectivity index (χ1v) is 9.74. The van der Waals surface area contributed by atoms with Crippen LogP contribution in [0.2, 0.25) is 0 Å². The topological polar surface area (TPSA) is 71.0 Å². The van der Waals surface area contributed by atoms with Gasteiger partial charge in [-0.2, -0.15) is 0 Å². The molecule has 7 heteroatoms. The number of thiazole rings is 1. The van der Waals surface area contributed by atoms with Crippen LogP contribution in [0.25, 0.3) is 11.0 Å². The number of benzene rings is 1. The number of nitrogens with one attached hydrogen (secondary N) is 1. The van der Waals surface area contributed by atoms with Gasteiger partial charge in [0.15, 0.2) is 0 Å². The van der Waals surface area contributed by atoms with Crippen LogP contribution in [-0.2, 0) is 11.2 Å². The van der Waals surface area contributed by atoms with Gasteiger partial charge < -0.3 is 9.88 Å². The molecule has 4 rings (SSSR count). The third kappa shape index (κ3) is 3.07. The summed E-state index contributed by atoms with van der Waals surface area (Å²) in [4.78, 5) is 35.3. The van der Waals surface area contributed by atoms with Crippen LogP contribution in [0.4, 0.5) is 0 Å². The number of piperidine rings is 1. The van der Waals surface area contributed by atoms with E-state index < -0.39 is 0 Å². The summed E-state index contributed by atoms with van der Waals surface area (Å²) < 4.78 is 1.86. The molecule has 6 nitrogen and oxygen atoms in total. The summed E-state index contributed by atoms with van der Waals surface area (Å²) in [5.74, 6) is 0.154. The van der Waals surface area contributed by atoms with E-state index in [0.717, 1.165) is 39.5 Å². The predicted octanol–water partition coefficient (Wildman–Crippen LogP) is 2.81. The zero-order valence-corrected chi connectivity index (χ0v) is 15.8. The fourth-order valence-corrected chi connectivity index (χ4v) is 4.73. The Morgan fingerprint density at radius 2 is 2.00 bits per heavy atom. The first-order chi connectivity index (χ1) is 12.5. The lowest BCUT2D eigenvalue weighted by molar-refractivity contribution is -0.131. The third-order valence-corrected chi connectivity index (χ3v) is 6.19. The standard InChI is InChI=1S/C19H22N4O2S/c1-12-17(26-13(2)20-12)11-18(24)22-9-7-14(8-10-22)23-16-6-4-3-5-15(16)21-19(23)25/h3-6,14H,7-11H2,1-2H3,(H,21,25). The first-order valence-electron chi connectivity index (χ1n) is 8.93. The lowest BCUT2D eigenvalue weighted by atomic mass is 10.0. The van der Waals surface area contributed by atoms with Crippen molar-refractivity contribution in [3.63, 3.8) is 0 Å². The molecule has 2 aromatic heterocycles. The highest BCUT2D eigenvalue weighted by Crippen LogP contribution is 2.26. The van der Waals surface area contributed by atoms with Crippen LogP contribution in [0.3, 0.4) is 0 Å². The van der Waals surface area contributed by atoms with E-state index >= 15 is 0 Å². The lowest BCUT2D eigenvalue weighted by Crippen LogP contribution is -2.41. The molecule has 0 saturated carbocycles. The number of para-hydroxylation sites is 2. The number of aromatic amines is 1. The Hall–Kier alpha value is -2.41. The van der Waals surface area contributed by atoms with Gasteiger partial charge in [-0.25, -0.2) is 9.78 Å². The average molecular weight is 370 g/mol. The second-order valence-corrected chi connectivity index (χ2v) is 8.14. The largest absolute Gasteiger partial charge is 0.342 e. The molecule has 0 bridgehead atoms. The smallest absolute Gasteiger partial charge is 0.326 e. The first kappa shape index (κ1) is 17.0. The molecular formula is C19H22N4O2S. The van der Waals surface area contributed by atoms with Gasteiger partial charge in [0, 0.05) is 24.0 Å². The zero-order valence-electron chi connectivity index (χ0n) is 15.0. The quantitative estimate of drug-likeness (QED) is 0.771. The van der Waals surface area contributed by atoms with E-state index in [1.807, 2.05) is 47.6 Å². The van der Waals surface area contributed by atoms with Crippen molar-refractivity contribution in [3.8, 4) is 0 Å². The number of carbonyl (C=O) groups excluding carboxylic acids is 1. The van der Waals surface area contributed by atoms with Crippen LogP contribution >= 0.6 is 11.3 Å². The van der Waals surface area contributed by atoms with Crippen molar-refractivity contribution >= 4 is 28.3 Å². The van der Waals surface area contributed by atoms with Crippen molar-refractivity contribution in [2.24, 2.45) is 0 Å². The third-order valence-electron chi connectivity index (χ3n) is 5.12. The summed E-state index contributed by atoms with van der Waals surface area (Å²) >= 11 is 1.60. The average Bonchev–Trinajstić information content (AvgIpc) is 3.12. The van der Waals surface area contributed by atoms with Crippen molar-refractivity contribution in [1.82, 2.24) is 19.4 Å². The minimum Gasteiger partial charge on any atom is -0.342 e. The van der Waals surface area contributed by atoms with Crippen LogP contribution < -0.4 is 5.69 Å². The van der Waals surface area contributed by atoms with Crippen molar-refractivity contribution in [3.05, 3.63) is 50.3 Å². The number of rotatable bonds is 3. The Morgan fingerprint density at radius 3 is 2.69 bits per heavy atom. The molecule has 0 aliphatic carbocycles. The van der Waals surface area contributed by atoms with Gasteiger partial charge in [0.1, 0.15) is 0 Å². The van der Waals surface area contributed by atoms with E-state index in [1.54, 1.807) is 11.3 Å². The predicted molar refractivity (Wildman–Crippen MR) is 103 cm³/mol. The summed E-state index contributed by atoms with van der Waals surface area (Å²) in [5, 5.41) is 1.00. The second-order valence-electron chi connectivity index (χ2n) is 6.85. The van der Waals surface area contributed by atoms with Crippen LogP contribution in [0.5, 0.6) is 0 Å². The molecule has 0 spiro atoms. The maximum Gasteiger partial charge on any atom is 0.326 e. The van der Waals surface area contributed by atoms with E-state index in [2.05, 4.69) is 9.97 Å². The molecule has 1 aromatic carbocycles. The molecular weight excluding hydrogens is 348 g/mol. The van der Waals surface area contributed by atoms with Gasteiger partial charge in [-0.05, 0) is 38.8 Å². The molecule has 1 aliphatic heterocycles. The number of aromatic nitrogens is 3. The highest BCUT2D eigenvalue weighted by atomic mass is 32.1. The van der Waals surface area contributed by atoms with Gasteiger partial charge in [0.2, 0.25) is 5.91 Å². The van der Waals surface area contributed by atoms with Gasteiger partial charge in [-0.1, -0.05) is 12.1 Å². The van der Waals surface area contributed by atoms with E-state index in [4.69, 9.17) is 0 Å². The van der Waals surface area contributed by atoms with Crippen molar-refractivity contribution in [2.45, 2.75) is 39.2 Å². The lowest BCUT2D eigenvalue weighted by Gasteiger charge is -2.32. The van der Waals surface area contributed by atoms with Crippen molar-refractivity contribution in [2.75, 3.05) is 13.1 Å². The second kappa shape index (κ2) is 6.72. The van der Waals surface area contributed by atoms with Gasteiger partial charge in [0.25, 0.3) is 0 Å². The van der Waals surface area contributed by atoms with E-state index in [-0.39, 0.29) is 17.6 Å². The highest BCUT2D eigenvalue weighted by Gasteiger charge is 2.26. The fraction of sp³-hybridized carbons (Fsp3) is 0.421. The van der Waals surface area contributed by atoms with Crippen LogP contribution in [-0.4, -0.2) is 38.4 Å². The van der Waals surface area contributed by atoms with Gasteiger partial charge >= 0.3 is 5.69 Å². The summed E-state index contributed by atoms with van der Waals surface area (Å²) in [5.41, 5.74) is 2.71. The zero-order chi connectivity index (χ0) is 18.3. The van der Waals surface area contributed by atoms with Gasteiger partial charge in [-0.3, -0.25) is 9.36 Å². The number of amides is 1. The molecule has 136 valence electrons. The Morgan fingerprint density at radius 1 is 1.27 bits per heavy atom. The molecule has 1 saturated heterocycles. The van der Waals surface area contributed by atoms with E-state index in [1.165, 1.54) is 0 Å². The normalized spacial score (nSPS) is 15.7. The summed E-state index contributed by atoms with van der Waals surface area (Å²) in [6.07, 6.45) is 2.03. The number of hydrogen-bond acceptors (Lipinski definition) is 4. The minimum atomic E-state index is -0.0632. The van der Waals surface area contributed by atoms with Crippen molar-refractivity contribution in [1.29, 1.82) is 0 Å². The van der Waals surface area contributed by atoms with E-state index in [0.29, 0.717) is 19.5 Å². The number of imidazole rings is 1. The highest BCUT2D eigenvalue weighted by molar-refractivity contribution is 7.11. The number of H-pyrrole nitrogens is 1. The molecule has 1 N–H and O–H groups in total. The van der Waals surface area contributed by atoms with Gasteiger partial charge in [0.05, 0.1) is 28.2 Å². The Bertz CT molecular complexity index is 1010. The number of hydrogen-bond donors (Lipinski definition) is 1.